The normalized spacial score (nSPS) is 13.5. The number of aryl methyl sites for hydroxylation is 1. The molecule has 0 bridgehead atoms. The number of benzene rings is 1. The number of imidazole rings is 1. The van der Waals surface area contributed by atoms with E-state index in [1.165, 1.54) is 6.20 Å². The van der Waals surface area contributed by atoms with Gasteiger partial charge in [-0.2, -0.15) is 13.2 Å². The molecule has 1 aliphatic rings. The molecule has 1 amide bonds. The molecule has 0 aliphatic heterocycles. The average Bonchev–Trinajstić information content (AvgIpc) is 3.54. The number of carbonyl (C=O) groups is 1. The van der Waals surface area contributed by atoms with Crippen LogP contribution in [-0.4, -0.2) is 44.3 Å². The first kappa shape index (κ1) is 24.3. The van der Waals surface area contributed by atoms with Gasteiger partial charge < -0.3 is 21.7 Å². The minimum Gasteiger partial charge on any atom is -0.396 e. The first-order valence-corrected chi connectivity index (χ1v) is 11.8. The van der Waals surface area contributed by atoms with Crippen molar-refractivity contribution >= 4 is 34.4 Å². The van der Waals surface area contributed by atoms with Crippen molar-refractivity contribution < 1.29 is 18.0 Å². The molecule has 1 aliphatic carbocycles. The fraction of sp³-hybridized carbons (Fsp3) is 0.280. The Hall–Kier alpha value is -4.35. The fourth-order valence-electron chi connectivity index (χ4n) is 3.92. The predicted octanol–water partition coefficient (Wildman–Crippen LogP) is 4.68. The number of carbonyl (C=O) groups excluding carboxylic acids is 1. The fourth-order valence-corrected chi connectivity index (χ4v) is 3.92. The largest absolute Gasteiger partial charge is 0.396 e. The molecule has 37 heavy (non-hydrogen) atoms. The molecule has 4 aromatic rings. The van der Waals surface area contributed by atoms with E-state index in [0.717, 1.165) is 24.0 Å². The van der Waals surface area contributed by atoms with Gasteiger partial charge in [0.2, 0.25) is 0 Å². The van der Waals surface area contributed by atoms with Crippen LogP contribution in [-0.2, 0) is 0 Å². The maximum atomic E-state index is 12.8. The number of nitrogens with two attached hydrogens (primary N) is 1. The van der Waals surface area contributed by atoms with Gasteiger partial charge in [0.25, 0.3) is 5.91 Å². The van der Waals surface area contributed by atoms with Crippen LogP contribution in [0.25, 0.3) is 16.9 Å². The third-order valence-electron chi connectivity index (χ3n) is 5.99. The molecule has 5 rings (SSSR count). The van der Waals surface area contributed by atoms with Gasteiger partial charge in [0.1, 0.15) is 0 Å². The van der Waals surface area contributed by atoms with Crippen LogP contribution in [0.3, 0.4) is 0 Å². The molecule has 0 atom stereocenters. The maximum Gasteiger partial charge on any atom is 0.390 e. The number of aromatic nitrogens is 4. The summed E-state index contributed by atoms with van der Waals surface area (Å²) in [6.07, 6.45) is 1.34. The van der Waals surface area contributed by atoms with Gasteiger partial charge in [-0.25, -0.2) is 9.50 Å². The van der Waals surface area contributed by atoms with Gasteiger partial charge in [0, 0.05) is 36.0 Å². The lowest BCUT2D eigenvalue weighted by Crippen LogP contribution is -2.26. The molecule has 0 spiro atoms. The number of halogens is 3. The van der Waals surface area contributed by atoms with Gasteiger partial charge in [0.05, 0.1) is 41.6 Å². The summed E-state index contributed by atoms with van der Waals surface area (Å²) >= 11 is 0. The summed E-state index contributed by atoms with van der Waals surface area (Å²) in [5.74, 6) is 0.233. The molecule has 1 fully saturated rings. The molecule has 1 saturated carbocycles. The number of rotatable bonds is 8. The zero-order chi connectivity index (χ0) is 26.2. The van der Waals surface area contributed by atoms with Gasteiger partial charge in [-0.3, -0.25) is 9.78 Å². The van der Waals surface area contributed by atoms with E-state index in [0.29, 0.717) is 39.8 Å². The zero-order valence-corrected chi connectivity index (χ0v) is 19.9. The summed E-state index contributed by atoms with van der Waals surface area (Å²) < 4.78 is 39.9. The molecule has 5 N–H and O–H groups in total. The van der Waals surface area contributed by atoms with Crippen LogP contribution in [0, 0.1) is 6.92 Å². The van der Waals surface area contributed by atoms with Crippen LogP contribution >= 0.6 is 0 Å². The standard InChI is InChI=1S/C25H25F3N8O/c1-14-10-15(2-5-17(14)24(37)33-16-3-4-16)21-13-32-23-20(31-9-7-25(26,27)28)11-22(35-36(21)23)34-19-6-8-30-12-18(19)29/h2,5-6,8,10-13,16,31H,3-4,7,9,29H2,1H3,(H,33,37)(H,30,34,35). The lowest BCUT2D eigenvalue weighted by molar-refractivity contribution is -0.131. The van der Waals surface area contributed by atoms with E-state index in [2.05, 4.69) is 31.0 Å². The second-order valence-electron chi connectivity index (χ2n) is 8.98. The van der Waals surface area contributed by atoms with Crippen molar-refractivity contribution in [3.05, 3.63) is 60.0 Å². The minimum atomic E-state index is -4.30. The number of nitrogens with one attached hydrogen (secondary N) is 3. The summed E-state index contributed by atoms with van der Waals surface area (Å²) in [4.78, 5) is 20.9. The highest BCUT2D eigenvalue weighted by molar-refractivity contribution is 5.96. The number of hydrogen-bond acceptors (Lipinski definition) is 7. The van der Waals surface area contributed by atoms with Gasteiger partial charge in [-0.05, 0) is 43.5 Å². The highest BCUT2D eigenvalue weighted by atomic mass is 19.4. The van der Waals surface area contributed by atoms with E-state index in [1.54, 1.807) is 41.2 Å². The minimum absolute atomic E-state index is 0.111. The molecule has 12 heteroatoms. The van der Waals surface area contributed by atoms with Crippen LogP contribution in [0.5, 0.6) is 0 Å². The molecule has 3 heterocycles. The van der Waals surface area contributed by atoms with Crippen molar-refractivity contribution in [1.29, 1.82) is 0 Å². The van der Waals surface area contributed by atoms with Crippen molar-refractivity contribution in [2.24, 2.45) is 0 Å². The molecule has 0 radical (unpaired) electrons. The summed E-state index contributed by atoms with van der Waals surface area (Å²) in [5.41, 5.74) is 10.4. The predicted molar refractivity (Wildman–Crippen MR) is 135 cm³/mol. The van der Waals surface area contributed by atoms with Crippen molar-refractivity contribution in [2.45, 2.75) is 38.4 Å². The van der Waals surface area contributed by atoms with Crippen LogP contribution in [0.2, 0.25) is 0 Å². The first-order valence-electron chi connectivity index (χ1n) is 11.8. The van der Waals surface area contributed by atoms with Gasteiger partial charge in [-0.15, -0.1) is 5.10 Å². The van der Waals surface area contributed by atoms with Crippen molar-refractivity contribution in [3.63, 3.8) is 0 Å². The highest BCUT2D eigenvalue weighted by Crippen LogP contribution is 2.30. The number of pyridine rings is 1. The first-order chi connectivity index (χ1) is 17.7. The number of fused-ring (bicyclic) bond motifs is 1. The number of nitrogen functional groups attached to an aromatic ring is 1. The Kier molecular flexibility index (Phi) is 6.32. The van der Waals surface area contributed by atoms with Crippen LogP contribution in [0.1, 0.15) is 35.2 Å². The third-order valence-corrected chi connectivity index (χ3v) is 5.99. The van der Waals surface area contributed by atoms with E-state index in [1.807, 2.05) is 13.0 Å². The van der Waals surface area contributed by atoms with Gasteiger partial charge in [0.15, 0.2) is 11.5 Å². The zero-order valence-electron chi connectivity index (χ0n) is 19.9. The molecule has 0 saturated heterocycles. The van der Waals surface area contributed by atoms with E-state index >= 15 is 0 Å². The maximum absolute atomic E-state index is 12.8. The number of nitrogens with zero attached hydrogens (tertiary/aromatic N) is 4. The Bertz CT molecular complexity index is 1460. The summed E-state index contributed by atoms with van der Waals surface area (Å²) in [5, 5.41) is 13.5. The topological polar surface area (TPSA) is 122 Å². The molecule has 1 aromatic carbocycles. The molecule has 0 unspecified atom stereocenters. The second-order valence-corrected chi connectivity index (χ2v) is 8.98. The summed E-state index contributed by atoms with van der Waals surface area (Å²) in [6, 6.07) is 8.92. The SMILES string of the molecule is Cc1cc(-c2cnc3c(NCCC(F)(F)F)cc(Nc4ccncc4N)nn23)ccc1C(=O)NC1CC1. The Labute approximate surface area is 210 Å². The number of hydrogen-bond donors (Lipinski definition) is 4. The van der Waals surface area contributed by atoms with Crippen molar-refractivity contribution in [3.8, 4) is 11.3 Å². The molecular formula is C25H25F3N8O. The summed E-state index contributed by atoms with van der Waals surface area (Å²) in [6.45, 7) is 1.53. The monoisotopic (exact) mass is 510 g/mol. The van der Waals surface area contributed by atoms with E-state index in [-0.39, 0.29) is 18.5 Å². The lowest BCUT2D eigenvalue weighted by Gasteiger charge is -2.14. The van der Waals surface area contributed by atoms with Crippen LogP contribution in [0.15, 0.2) is 48.9 Å². The molecule has 9 nitrogen and oxygen atoms in total. The third kappa shape index (κ3) is 5.57. The second kappa shape index (κ2) is 9.60. The number of alkyl halides is 3. The number of amides is 1. The molecule has 3 aromatic heterocycles. The Balaban J connectivity index is 1.52. The van der Waals surface area contributed by atoms with E-state index in [9.17, 15) is 18.0 Å². The van der Waals surface area contributed by atoms with Crippen LogP contribution in [0.4, 0.5) is 36.1 Å². The van der Waals surface area contributed by atoms with E-state index in [4.69, 9.17) is 5.73 Å². The molecule has 192 valence electrons. The smallest absolute Gasteiger partial charge is 0.390 e. The Morgan fingerprint density at radius 1 is 1.16 bits per heavy atom. The quantitative estimate of drug-likeness (QED) is 0.271. The Morgan fingerprint density at radius 2 is 1.97 bits per heavy atom. The number of anilines is 4. The van der Waals surface area contributed by atoms with Crippen molar-refractivity contribution in [2.75, 3.05) is 22.9 Å². The van der Waals surface area contributed by atoms with Crippen molar-refractivity contribution in [1.82, 2.24) is 24.9 Å². The Morgan fingerprint density at radius 3 is 2.68 bits per heavy atom. The van der Waals surface area contributed by atoms with Gasteiger partial charge >= 0.3 is 6.18 Å². The molecular weight excluding hydrogens is 485 g/mol. The average molecular weight is 511 g/mol. The summed E-state index contributed by atoms with van der Waals surface area (Å²) in [7, 11) is 0. The highest BCUT2D eigenvalue weighted by Gasteiger charge is 2.27. The lowest BCUT2D eigenvalue weighted by atomic mass is 10.0. The van der Waals surface area contributed by atoms with Gasteiger partial charge in [-0.1, -0.05) is 6.07 Å². The van der Waals surface area contributed by atoms with E-state index < -0.39 is 12.6 Å². The van der Waals surface area contributed by atoms with Crippen LogP contribution < -0.4 is 21.7 Å².